The second kappa shape index (κ2) is 6.28. The van der Waals surface area contributed by atoms with Gasteiger partial charge >= 0.3 is 5.97 Å². The fourth-order valence-electron chi connectivity index (χ4n) is 2.63. The molecule has 0 atom stereocenters. The van der Waals surface area contributed by atoms with Gasteiger partial charge in [0.1, 0.15) is 31.8 Å². The first-order chi connectivity index (χ1) is 10.3. The van der Waals surface area contributed by atoms with E-state index in [0.29, 0.717) is 12.4 Å². The second-order valence-electron chi connectivity index (χ2n) is 5.30. The van der Waals surface area contributed by atoms with E-state index in [1.807, 2.05) is 31.2 Å². The lowest BCUT2D eigenvalue weighted by molar-refractivity contribution is -0.908. The van der Waals surface area contributed by atoms with E-state index in [1.165, 1.54) is 4.90 Å². The number of furan rings is 1. The van der Waals surface area contributed by atoms with Gasteiger partial charge in [-0.05, 0) is 13.0 Å². The minimum Gasteiger partial charge on any atom is -0.454 e. The van der Waals surface area contributed by atoms with Gasteiger partial charge in [0.05, 0.1) is 13.2 Å². The van der Waals surface area contributed by atoms with Crippen LogP contribution >= 0.6 is 0 Å². The maximum Gasteiger partial charge on any atom is 0.374 e. The number of carbonyl (C=O) groups excluding carboxylic acids is 1. The van der Waals surface area contributed by atoms with Crippen LogP contribution in [0.3, 0.4) is 0 Å². The highest BCUT2D eigenvalue weighted by molar-refractivity contribution is 5.95. The van der Waals surface area contributed by atoms with Crippen molar-refractivity contribution in [1.29, 1.82) is 0 Å². The van der Waals surface area contributed by atoms with Crippen molar-refractivity contribution in [2.24, 2.45) is 0 Å². The quantitative estimate of drug-likeness (QED) is 0.847. The Kier molecular flexibility index (Phi) is 4.22. The van der Waals surface area contributed by atoms with Crippen molar-refractivity contribution >= 4 is 16.9 Å². The van der Waals surface area contributed by atoms with Crippen molar-refractivity contribution in [3.05, 3.63) is 35.6 Å². The normalized spacial score (nSPS) is 16.2. The van der Waals surface area contributed by atoms with Crippen molar-refractivity contribution in [2.75, 3.05) is 39.5 Å². The van der Waals surface area contributed by atoms with E-state index in [-0.39, 0.29) is 5.97 Å². The highest BCUT2D eigenvalue weighted by Crippen LogP contribution is 2.25. The Labute approximate surface area is 123 Å². The van der Waals surface area contributed by atoms with Crippen LogP contribution in [0.1, 0.15) is 16.1 Å². The van der Waals surface area contributed by atoms with Gasteiger partial charge < -0.3 is 18.8 Å². The largest absolute Gasteiger partial charge is 0.454 e. The average Bonchev–Trinajstić information content (AvgIpc) is 2.86. The first-order valence-corrected chi connectivity index (χ1v) is 7.32. The van der Waals surface area contributed by atoms with Gasteiger partial charge in [-0.2, -0.15) is 0 Å². The van der Waals surface area contributed by atoms with E-state index in [0.717, 1.165) is 49.4 Å². The molecule has 2 aromatic rings. The number of morpholine rings is 1. The molecule has 112 valence electrons. The predicted octanol–water partition coefficient (Wildman–Crippen LogP) is 0.813. The van der Waals surface area contributed by atoms with Gasteiger partial charge in [0.15, 0.2) is 0 Å². The molecule has 0 aliphatic carbocycles. The number of rotatable bonds is 4. The van der Waals surface area contributed by atoms with Crippen molar-refractivity contribution < 1.29 is 23.6 Å². The summed E-state index contributed by atoms with van der Waals surface area (Å²) in [4.78, 5) is 13.5. The maximum atomic E-state index is 12.1. The van der Waals surface area contributed by atoms with Gasteiger partial charge in [-0.25, -0.2) is 4.79 Å². The Bertz CT molecular complexity index is 628. The molecule has 3 rings (SSSR count). The van der Waals surface area contributed by atoms with Gasteiger partial charge in [0, 0.05) is 10.9 Å². The van der Waals surface area contributed by atoms with Gasteiger partial charge in [0.2, 0.25) is 5.76 Å². The number of carbonyl (C=O) groups is 1. The summed E-state index contributed by atoms with van der Waals surface area (Å²) < 4.78 is 16.3. The summed E-state index contributed by atoms with van der Waals surface area (Å²) >= 11 is 0. The molecule has 1 aromatic carbocycles. The molecule has 0 spiro atoms. The molecule has 1 aliphatic heterocycles. The Morgan fingerprint density at radius 1 is 1.29 bits per heavy atom. The monoisotopic (exact) mass is 290 g/mol. The second-order valence-corrected chi connectivity index (χ2v) is 5.30. The number of aryl methyl sites for hydroxylation is 1. The zero-order valence-corrected chi connectivity index (χ0v) is 12.2. The molecular formula is C16H20NO4+. The SMILES string of the molecule is Cc1c(C(=O)OCC[NH+]2CCOCC2)oc2ccccc12. The predicted molar refractivity (Wildman–Crippen MR) is 77.6 cm³/mol. The van der Waals surface area contributed by atoms with Gasteiger partial charge in [-0.3, -0.25) is 0 Å². The van der Waals surface area contributed by atoms with E-state index < -0.39 is 0 Å². The molecule has 1 N–H and O–H groups in total. The number of ether oxygens (including phenoxy) is 2. The van der Waals surface area contributed by atoms with Crippen LogP contribution in [0.5, 0.6) is 0 Å². The molecule has 0 bridgehead atoms. The Balaban J connectivity index is 1.60. The van der Waals surface area contributed by atoms with E-state index >= 15 is 0 Å². The molecule has 0 radical (unpaired) electrons. The number of hydrogen-bond acceptors (Lipinski definition) is 4. The molecule has 5 nitrogen and oxygen atoms in total. The molecular weight excluding hydrogens is 270 g/mol. The van der Waals surface area contributed by atoms with Crippen LogP contribution in [0.2, 0.25) is 0 Å². The third-order valence-corrected chi connectivity index (χ3v) is 3.92. The van der Waals surface area contributed by atoms with Crippen LogP contribution in [0, 0.1) is 6.92 Å². The number of benzene rings is 1. The first-order valence-electron chi connectivity index (χ1n) is 7.32. The molecule has 1 fully saturated rings. The fraction of sp³-hybridized carbons (Fsp3) is 0.438. The summed E-state index contributed by atoms with van der Waals surface area (Å²) in [5.41, 5.74) is 1.56. The lowest BCUT2D eigenvalue weighted by atomic mass is 10.1. The summed E-state index contributed by atoms with van der Waals surface area (Å²) in [6.07, 6.45) is 0. The molecule has 2 heterocycles. The van der Waals surface area contributed by atoms with Gasteiger partial charge in [-0.15, -0.1) is 0 Å². The minimum absolute atomic E-state index is 0.313. The molecule has 1 aromatic heterocycles. The lowest BCUT2D eigenvalue weighted by Gasteiger charge is -2.23. The zero-order valence-electron chi connectivity index (χ0n) is 12.2. The van der Waals surface area contributed by atoms with Crippen molar-refractivity contribution in [3.63, 3.8) is 0 Å². The molecule has 1 aliphatic rings. The Hall–Kier alpha value is -1.85. The van der Waals surface area contributed by atoms with E-state index in [4.69, 9.17) is 13.9 Å². The molecule has 0 unspecified atom stereocenters. The summed E-state index contributed by atoms with van der Waals surface area (Å²) in [5, 5.41) is 0.961. The Morgan fingerprint density at radius 3 is 2.81 bits per heavy atom. The third-order valence-electron chi connectivity index (χ3n) is 3.92. The molecule has 0 saturated carbocycles. The van der Waals surface area contributed by atoms with Crippen LogP contribution in [0.15, 0.2) is 28.7 Å². The number of para-hydroxylation sites is 1. The highest BCUT2D eigenvalue weighted by atomic mass is 16.5. The topological polar surface area (TPSA) is 53.1 Å². The van der Waals surface area contributed by atoms with Crippen LogP contribution in [-0.2, 0) is 9.47 Å². The van der Waals surface area contributed by atoms with E-state index in [9.17, 15) is 4.79 Å². The zero-order chi connectivity index (χ0) is 14.7. The molecule has 21 heavy (non-hydrogen) atoms. The van der Waals surface area contributed by atoms with Crippen molar-refractivity contribution in [3.8, 4) is 0 Å². The number of hydrogen-bond donors (Lipinski definition) is 1. The summed E-state index contributed by atoms with van der Waals surface area (Å²) in [5.74, 6) is -0.0652. The van der Waals surface area contributed by atoms with Crippen LogP contribution in [0.25, 0.3) is 11.0 Å². The highest BCUT2D eigenvalue weighted by Gasteiger charge is 2.20. The third kappa shape index (κ3) is 3.09. The number of fused-ring (bicyclic) bond motifs is 1. The van der Waals surface area contributed by atoms with Gasteiger partial charge in [-0.1, -0.05) is 18.2 Å². The van der Waals surface area contributed by atoms with Crippen molar-refractivity contribution in [1.82, 2.24) is 0 Å². The maximum absolute atomic E-state index is 12.1. The van der Waals surface area contributed by atoms with Crippen LogP contribution in [0.4, 0.5) is 0 Å². The standard InChI is InChI=1S/C16H19NO4/c1-12-13-4-2-3-5-14(13)21-15(12)16(18)20-11-8-17-6-9-19-10-7-17/h2-5H,6-11H2,1H3/p+1. The molecule has 0 amide bonds. The van der Waals surface area contributed by atoms with Crippen molar-refractivity contribution in [2.45, 2.75) is 6.92 Å². The lowest BCUT2D eigenvalue weighted by Crippen LogP contribution is -3.14. The summed E-state index contributed by atoms with van der Waals surface area (Å²) in [6, 6.07) is 7.63. The molecule has 5 heteroatoms. The smallest absolute Gasteiger partial charge is 0.374 e. The van der Waals surface area contributed by atoms with E-state index in [1.54, 1.807) is 0 Å². The average molecular weight is 290 g/mol. The van der Waals surface area contributed by atoms with Crippen LogP contribution < -0.4 is 4.90 Å². The number of quaternary nitrogens is 1. The van der Waals surface area contributed by atoms with Crippen LogP contribution in [-0.4, -0.2) is 45.4 Å². The van der Waals surface area contributed by atoms with E-state index in [2.05, 4.69) is 0 Å². The molecule has 1 saturated heterocycles. The summed E-state index contributed by atoms with van der Waals surface area (Å²) in [7, 11) is 0. The van der Waals surface area contributed by atoms with Gasteiger partial charge in [0.25, 0.3) is 0 Å². The minimum atomic E-state index is -0.378. The Morgan fingerprint density at radius 2 is 2.05 bits per heavy atom. The first kappa shape index (κ1) is 14.1. The summed E-state index contributed by atoms with van der Waals surface area (Å²) in [6.45, 7) is 6.62. The number of nitrogens with one attached hydrogen (secondary N) is 1. The number of esters is 1. The fourth-order valence-corrected chi connectivity index (χ4v) is 2.63.